The smallest absolute Gasteiger partial charge is 0.319 e. The van der Waals surface area contributed by atoms with Crippen LogP contribution in [0.4, 0.5) is 23.2 Å². The van der Waals surface area contributed by atoms with E-state index in [2.05, 4.69) is 10.3 Å². The van der Waals surface area contributed by atoms with E-state index in [-0.39, 0.29) is 22.2 Å². The highest BCUT2D eigenvalue weighted by Gasteiger charge is 2.31. The van der Waals surface area contributed by atoms with Crippen molar-refractivity contribution in [2.45, 2.75) is 6.18 Å². The van der Waals surface area contributed by atoms with Crippen molar-refractivity contribution in [2.24, 2.45) is 0 Å². The fourth-order valence-corrected chi connectivity index (χ4v) is 3.71. The number of hydrogen-bond donors (Lipinski definition) is 1. The second kappa shape index (κ2) is 7.16. The highest BCUT2D eigenvalue weighted by atomic mass is 35.5. The highest BCUT2D eigenvalue weighted by Crippen LogP contribution is 2.34. The maximum atomic E-state index is 13.1. The van der Waals surface area contributed by atoms with Crippen LogP contribution >= 0.6 is 22.9 Å². The van der Waals surface area contributed by atoms with Crippen molar-refractivity contribution in [3.05, 3.63) is 76.1 Å². The van der Waals surface area contributed by atoms with E-state index in [1.165, 1.54) is 33.3 Å². The van der Waals surface area contributed by atoms with Crippen LogP contribution in [0, 0.1) is 5.82 Å². The van der Waals surface area contributed by atoms with E-state index < -0.39 is 17.6 Å². The number of benzene rings is 2. The zero-order chi connectivity index (χ0) is 20.8. The summed E-state index contributed by atoms with van der Waals surface area (Å²) < 4.78 is 53.4. The van der Waals surface area contributed by atoms with Crippen LogP contribution in [-0.2, 0) is 6.18 Å². The van der Waals surface area contributed by atoms with Gasteiger partial charge < -0.3 is 5.32 Å². The van der Waals surface area contributed by atoms with Gasteiger partial charge in [-0.05, 0) is 42.5 Å². The largest absolute Gasteiger partial charge is 0.416 e. The van der Waals surface area contributed by atoms with Gasteiger partial charge in [0.25, 0.3) is 5.91 Å². The molecule has 10 heteroatoms. The summed E-state index contributed by atoms with van der Waals surface area (Å²) in [5, 5.41) is 3.93. The van der Waals surface area contributed by atoms with Gasteiger partial charge >= 0.3 is 6.18 Å². The molecule has 29 heavy (non-hydrogen) atoms. The molecule has 0 spiro atoms. The summed E-state index contributed by atoms with van der Waals surface area (Å²) in [7, 11) is 0. The first kappa shape index (κ1) is 19.4. The van der Waals surface area contributed by atoms with E-state index in [1.54, 1.807) is 18.3 Å². The zero-order valence-electron chi connectivity index (χ0n) is 14.3. The summed E-state index contributed by atoms with van der Waals surface area (Å²) in [6.07, 6.45) is -2.96. The van der Waals surface area contributed by atoms with E-state index >= 15 is 0 Å². The van der Waals surface area contributed by atoms with Gasteiger partial charge in [0.15, 0.2) is 4.96 Å². The van der Waals surface area contributed by atoms with Crippen molar-refractivity contribution in [3.8, 4) is 11.3 Å². The number of anilines is 1. The SMILES string of the molecule is O=C(Nc1cc(C(F)(F)F)ccc1Cl)c1csc2nc(-c3ccc(F)cc3)cn12. The van der Waals surface area contributed by atoms with Crippen molar-refractivity contribution in [2.75, 3.05) is 5.32 Å². The predicted octanol–water partition coefficient (Wildman–Crippen LogP) is 6.13. The van der Waals surface area contributed by atoms with Crippen LogP contribution < -0.4 is 5.32 Å². The van der Waals surface area contributed by atoms with Crippen LogP contribution in [0.3, 0.4) is 0 Å². The van der Waals surface area contributed by atoms with Gasteiger partial charge in [-0.3, -0.25) is 9.20 Å². The van der Waals surface area contributed by atoms with E-state index in [1.807, 2.05) is 0 Å². The second-order valence-electron chi connectivity index (χ2n) is 6.05. The number of imidazole rings is 1. The summed E-state index contributed by atoms with van der Waals surface area (Å²) in [4.78, 5) is 17.5. The van der Waals surface area contributed by atoms with Crippen LogP contribution in [0.15, 0.2) is 54.0 Å². The maximum absolute atomic E-state index is 13.1. The molecule has 1 amide bonds. The third kappa shape index (κ3) is 3.83. The number of fused-ring (bicyclic) bond motifs is 1. The lowest BCUT2D eigenvalue weighted by Crippen LogP contribution is -2.15. The molecule has 4 rings (SSSR count). The fourth-order valence-electron chi connectivity index (χ4n) is 2.69. The van der Waals surface area contributed by atoms with Crippen molar-refractivity contribution in [1.82, 2.24) is 9.38 Å². The van der Waals surface area contributed by atoms with Gasteiger partial charge in [-0.25, -0.2) is 9.37 Å². The van der Waals surface area contributed by atoms with E-state index in [0.29, 0.717) is 16.2 Å². The number of alkyl halides is 3. The summed E-state index contributed by atoms with van der Waals surface area (Å²) >= 11 is 7.12. The molecule has 2 aromatic heterocycles. The van der Waals surface area contributed by atoms with Gasteiger partial charge in [0.05, 0.1) is 22.0 Å². The summed E-state index contributed by atoms with van der Waals surface area (Å²) in [6.45, 7) is 0. The quantitative estimate of drug-likeness (QED) is 0.390. The maximum Gasteiger partial charge on any atom is 0.416 e. The van der Waals surface area contributed by atoms with Crippen molar-refractivity contribution < 1.29 is 22.4 Å². The number of nitrogens with one attached hydrogen (secondary N) is 1. The number of hydrogen-bond acceptors (Lipinski definition) is 3. The van der Waals surface area contributed by atoms with Crippen LogP contribution in [0.25, 0.3) is 16.2 Å². The van der Waals surface area contributed by atoms with E-state index in [4.69, 9.17) is 11.6 Å². The van der Waals surface area contributed by atoms with Gasteiger partial charge in [-0.15, -0.1) is 11.3 Å². The number of thiazole rings is 1. The predicted molar refractivity (Wildman–Crippen MR) is 103 cm³/mol. The molecule has 2 aromatic carbocycles. The Hall–Kier alpha value is -2.91. The fraction of sp³-hybridized carbons (Fsp3) is 0.0526. The lowest BCUT2D eigenvalue weighted by molar-refractivity contribution is -0.137. The van der Waals surface area contributed by atoms with Crippen molar-refractivity contribution >= 4 is 39.5 Å². The first-order valence-electron chi connectivity index (χ1n) is 8.13. The number of carbonyl (C=O) groups is 1. The molecule has 4 aromatic rings. The molecule has 1 N–H and O–H groups in total. The molecule has 4 nitrogen and oxygen atoms in total. The first-order valence-corrected chi connectivity index (χ1v) is 9.39. The highest BCUT2D eigenvalue weighted by molar-refractivity contribution is 7.15. The Bertz CT molecular complexity index is 1210. The number of halogens is 5. The lowest BCUT2D eigenvalue weighted by Gasteiger charge is -2.11. The number of aromatic nitrogens is 2. The normalized spacial score (nSPS) is 11.8. The molecule has 0 aliphatic rings. The Morgan fingerprint density at radius 2 is 1.86 bits per heavy atom. The minimum Gasteiger partial charge on any atom is -0.319 e. The molecule has 0 radical (unpaired) electrons. The Morgan fingerprint density at radius 1 is 1.14 bits per heavy atom. The average Bonchev–Trinajstić information content (AvgIpc) is 3.23. The number of amides is 1. The Morgan fingerprint density at radius 3 is 2.55 bits per heavy atom. The standard InChI is InChI=1S/C19H10ClF4N3OS/c20-13-6-3-11(19(22,23)24)7-14(13)25-17(28)16-9-29-18-26-15(8-27(16)18)10-1-4-12(21)5-2-10/h1-9H,(H,25,28). The van der Waals surface area contributed by atoms with E-state index in [0.717, 1.165) is 18.2 Å². The molecule has 0 atom stereocenters. The molecule has 0 aliphatic heterocycles. The molecular weight excluding hydrogens is 430 g/mol. The summed E-state index contributed by atoms with van der Waals surface area (Å²) in [5.74, 6) is -1.02. The number of rotatable bonds is 3. The molecule has 0 unspecified atom stereocenters. The molecule has 148 valence electrons. The van der Waals surface area contributed by atoms with Crippen LogP contribution in [0.1, 0.15) is 16.1 Å². The minimum absolute atomic E-state index is 0.0181. The van der Waals surface area contributed by atoms with Gasteiger partial charge in [0.1, 0.15) is 11.5 Å². The molecule has 0 fully saturated rings. The monoisotopic (exact) mass is 439 g/mol. The van der Waals surface area contributed by atoms with E-state index in [9.17, 15) is 22.4 Å². The number of carbonyl (C=O) groups excluding carboxylic acids is 1. The lowest BCUT2D eigenvalue weighted by atomic mass is 10.2. The molecule has 2 heterocycles. The minimum atomic E-state index is -4.56. The summed E-state index contributed by atoms with van der Waals surface area (Å²) in [6, 6.07) is 8.41. The Labute approximate surface area is 170 Å². The molecule has 0 aliphatic carbocycles. The van der Waals surface area contributed by atoms with Gasteiger partial charge in [0.2, 0.25) is 0 Å². The van der Waals surface area contributed by atoms with Gasteiger partial charge in [-0.2, -0.15) is 13.2 Å². The first-order chi connectivity index (χ1) is 13.7. The zero-order valence-corrected chi connectivity index (χ0v) is 15.9. The van der Waals surface area contributed by atoms with Crippen LogP contribution in [0.5, 0.6) is 0 Å². The van der Waals surface area contributed by atoms with Gasteiger partial charge in [0, 0.05) is 17.1 Å². The van der Waals surface area contributed by atoms with Gasteiger partial charge in [-0.1, -0.05) is 11.6 Å². The Kier molecular flexibility index (Phi) is 4.79. The van der Waals surface area contributed by atoms with Crippen molar-refractivity contribution in [3.63, 3.8) is 0 Å². The Balaban J connectivity index is 1.65. The molecular formula is C19H10ClF4N3OS. The topological polar surface area (TPSA) is 46.4 Å². The molecule has 0 saturated carbocycles. The average molecular weight is 440 g/mol. The van der Waals surface area contributed by atoms with Crippen LogP contribution in [0.2, 0.25) is 5.02 Å². The van der Waals surface area contributed by atoms with Crippen molar-refractivity contribution in [1.29, 1.82) is 0 Å². The molecule has 0 bridgehead atoms. The second-order valence-corrected chi connectivity index (χ2v) is 7.30. The molecule has 0 saturated heterocycles. The third-order valence-corrected chi connectivity index (χ3v) is 5.29. The third-order valence-electron chi connectivity index (χ3n) is 4.12. The number of nitrogens with zero attached hydrogens (tertiary/aromatic N) is 2. The van der Waals surface area contributed by atoms with Crippen LogP contribution in [-0.4, -0.2) is 15.3 Å². The summed E-state index contributed by atoms with van der Waals surface area (Å²) in [5.41, 5.74) is 0.301.